The highest BCUT2D eigenvalue weighted by Crippen LogP contribution is 2.42. The summed E-state index contributed by atoms with van der Waals surface area (Å²) in [6.45, 7) is 52.5. The lowest BCUT2D eigenvalue weighted by Gasteiger charge is -2.43. The van der Waals surface area contributed by atoms with Gasteiger partial charge in [0.1, 0.15) is 26.0 Å². The van der Waals surface area contributed by atoms with Gasteiger partial charge < -0.3 is 27.2 Å². The van der Waals surface area contributed by atoms with E-state index in [9.17, 15) is 4.79 Å². The molecule has 1 aliphatic heterocycles. The van der Waals surface area contributed by atoms with E-state index in [2.05, 4.69) is 167 Å². The van der Waals surface area contributed by atoms with Crippen LogP contribution in [0.5, 0.6) is 0 Å². The van der Waals surface area contributed by atoms with Crippen molar-refractivity contribution in [3.05, 3.63) is 11.8 Å². The van der Waals surface area contributed by atoms with Gasteiger partial charge in [-0.3, -0.25) is 0 Å². The molecule has 1 heterocycles. The summed E-state index contributed by atoms with van der Waals surface area (Å²) in [5.74, 6) is 4.05. The lowest BCUT2D eigenvalue weighted by atomic mass is 10.0. The summed E-state index contributed by atoms with van der Waals surface area (Å²) >= 11 is 0. The van der Waals surface area contributed by atoms with Gasteiger partial charge in [-0.25, -0.2) is 4.79 Å². The van der Waals surface area contributed by atoms with Gasteiger partial charge >= 0.3 is 6.16 Å². The molecule has 0 N–H and O–H groups in total. The summed E-state index contributed by atoms with van der Waals surface area (Å²) < 4.78 is 39.6. The third-order valence-electron chi connectivity index (χ3n) is 12.1. The molecule has 0 spiro atoms. The van der Waals surface area contributed by atoms with Crippen LogP contribution >= 0.6 is 0 Å². The molecule has 7 nitrogen and oxygen atoms in total. The van der Waals surface area contributed by atoms with Crippen molar-refractivity contribution in [1.29, 1.82) is 0 Å². The van der Waals surface area contributed by atoms with E-state index < -0.39 is 53.6 Å². The van der Waals surface area contributed by atoms with Gasteiger partial charge in [0, 0.05) is 19.3 Å². The fourth-order valence-corrected chi connectivity index (χ4v) is 9.92. The lowest BCUT2D eigenvalue weighted by molar-refractivity contribution is -0.00865. The fourth-order valence-electron chi connectivity index (χ4n) is 4.45. The van der Waals surface area contributed by atoms with Crippen LogP contribution in [0.25, 0.3) is 0 Å². The molecule has 304 valence electrons. The van der Waals surface area contributed by atoms with Crippen LogP contribution in [0.1, 0.15) is 102 Å². The Hall–Kier alpha value is -0.506. The summed E-state index contributed by atoms with van der Waals surface area (Å²) in [6.07, 6.45) is 1.57. The van der Waals surface area contributed by atoms with Crippen LogP contribution in [0.15, 0.2) is 11.8 Å². The van der Waals surface area contributed by atoms with E-state index in [1.165, 1.54) is 0 Å². The van der Waals surface area contributed by atoms with E-state index in [0.717, 1.165) is 0 Å². The van der Waals surface area contributed by atoms with Gasteiger partial charge in [0.05, 0.1) is 18.8 Å². The number of hydrogen-bond donors (Lipinski definition) is 0. The highest BCUT2D eigenvalue weighted by molar-refractivity contribution is 6.84. The first-order valence-corrected chi connectivity index (χ1v) is 34.7. The largest absolute Gasteiger partial charge is 0.513 e. The zero-order valence-corrected chi connectivity index (χ0v) is 43.1. The zero-order chi connectivity index (χ0) is 41.2. The molecule has 0 saturated carbocycles. The second kappa shape index (κ2) is 17.3. The molecule has 1 rings (SSSR count). The zero-order valence-electron chi connectivity index (χ0n) is 38.1. The maximum Gasteiger partial charge on any atom is 0.513 e. The van der Waals surface area contributed by atoms with E-state index >= 15 is 0 Å². The van der Waals surface area contributed by atoms with Gasteiger partial charge in [0.2, 0.25) is 0 Å². The molecule has 52 heavy (non-hydrogen) atoms. The third kappa shape index (κ3) is 15.6. The predicted octanol–water partition coefficient (Wildman–Crippen LogP) is 12.6. The van der Waals surface area contributed by atoms with Crippen molar-refractivity contribution in [1.82, 2.24) is 0 Å². The van der Waals surface area contributed by atoms with Crippen LogP contribution in [-0.2, 0) is 27.2 Å². The second-order valence-corrected chi connectivity index (χ2v) is 46.1. The van der Waals surface area contributed by atoms with Crippen LogP contribution < -0.4 is 0 Å². The molecule has 0 bridgehead atoms. The van der Waals surface area contributed by atoms with Gasteiger partial charge in [0.15, 0.2) is 33.3 Å². The van der Waals surface area contributed by atoms with Crippen LogP contribution in [0.3, 0.4) is 0 Å². The first-order valence-electron chi connectivity index (χ1n) is 19.6. The van der Waals surface area contributed by atoms with Crippen molar-refractivity contribution >= 4 is 47.5 Å². The third-order valence-corrected chi connectivity index (χ3v) is 31.0. The molecule has 4 atom stereocenters. The Bertz CT molecular complexity index is 1280. The topological polar surface area (TPSA) is 72.5 Å². The van der Waals surface area contributed by atoms with Crippen LogP contribution in [-0.4, -0.2) is 78.5 Å². The number of hydrogen-bond acceptors (Lipinski definition) is 7. The minimum atomic E-state index is -2.26. The molecule has 1 saturated heterocycles. The molecular formula is C40H82O7Si5. The standard InChI is InChI=1S/C40H82O7Si5/c1-37(2,3)49(16,17)42-30-35(47-52(22,23)40(10,11)12)29-34(46-51(20,21)39(7,8)9)28-33-27-32(43-36(41)44-33)26-31(24-25-48(13,14)15)45-50(18,19)38(4,5)6/h28,31-32,34-35H,26-27,29-30H2,1-23H3/b33-28+/t31-,32+,34-,35-/m1/s1. The van der Waals surface area contributed by atoms with Crippen molar-refractivity contribution in [2.24, 2.45) is 0 Å². The van der Waals surface area contributed by atoms with Gasteiger partial charge in [-0.1, -0.05) is 109 Å². The van der Waals surface area contributed by atoms with Gasteiger partial charge in [0.25, 0.3) is 0 Å². The molecule has 0 unspecified atom stereocenters. The molecule has 0 radical (unpaired) electrons. The number of carbonyl (C=O) groups excluding carboxylic acids is 1. The molecule has 0 aromatic carbocycles. The summed E-state index contributed by atoms with van der Waals surface area (Å²) in [6, 6.07) is 0. The monoisotopic (exact) mass is 814 g/mol. The summed E-state index contributed by atoms with van der Waals surface area (Å²) in [5, 5.41) is 0.107. The highest BCUT2D eigenvalue weighted by Gasteiger charge is 2.45. The van der Waals surface area contributed by atoms with Crippen LogP contribution in [0.2, 0.25) is 92.2 Å². The Morgan fingerprint density at radius 1 is 0.692 bits per heavy atom. The van der Waals surface area contributed by atoms with Gasteiger partial charge in [-0.2, -0.15) is 0 Å². The molecule has 0 aromatic rings. The molecule has 1 fully saturated rings. The molecule has 1 aliphatic rings. The Morgan fingerprint density at radius 3 is 1.58 bits per heavy atom. The lowest BCUT2D eigenvalue weighted by Crippen LogP contribution is -2.50. The van der Waals surface area contributed by atoms with E-state index in [-0.39, 0.29) is 38.5 Å². The number of cyclic esters (lactones) is 2. The van der Waals surface area contributed by atoms with Crippen molar-refractivity contribution < 1.29 is 32.0 Å². The average Bonchev–Trinajstić information content (AvgIpc) is 2.86. The minimum absolute atomic E-state index is 0.0184. The summed E-state index contributed by atoms with van der Waals surface area (Å²) in [5.41, 5.74) is 3.53. The Morgan fingerprint density at radius 2 is 1.13 bits per heavy atom. The summed E-state index contributed by atoms with van der Waals surface area (Å²) in [7, 11) is -10.3. The first kappa shape index (κ1) is 49.5. The highest BCUT2D eigenvalue weighted by atomic mass is 28.4. The van der Waals surface area contributed by atoms with Gasteiger partial charge in [-0.15, -0.1) is 5.54 Å². The van der Waals surface area contributed by atoms with Crippen molar-refractivity contribution in [3.63, 3.8) is 0 Å². The number of carbonyl (C=O) groups is 1. The minimum Gasteiger partial charge on any atom is -0.430 e. The van der Waals surface area contributed by atoms with E-state index in [0.29, 0.717) is 31.6 Å². The van der Waals surface area contributed by atoms with E-state index in [4.69, 9.17) is 27.2 Å². The maximum absolute atomic E-state index is 13.1. The molecule has 0 amide bonds. The molecule has 12 heteroatoms. The summed E-state index contributed by atoms with van der Waals surface area (Å²) in [4.78, 5) is 13.1. The molecule has 0 aromatic heterocycles. The average molecular weight is 816 g/mol. The Kier molecular flexibility index (Phi) is 16.5. The fraction of sp³-hybridized carbons (Fsp3) is 0.875. The maximum atomic E-state index is 13.1. The first-order chi connectivity index (χ1) is 22.8. The Balaban J connectivity index is 3.65. The van der Waals surface area contributed by atoms with Crippen LogP contribution in [0.4, 0.5) is 4.79 Å². The van der Waals surface area contributed by atoms with E-state index in [1.807, 2.05) is 6.08 Å². The van der Waals surface area contributed by atoms with Crippen molar-refractivity contribution in [3.8, 4) is 11.5 Å². The smallest absolute Gasteiger partial charge is 0.430 e. The predicted molar refractivity (Wildman–Crippen MR) is 234 cm³/mol. The Labute approximate surface area is 327 Å². The number of rotatable bonds is 14. The van der Waals surface area contributed by atoms with Crippen molar-refractivity contribution in [2.45, 2.75) is 219 Å². The quantitative estimate of drug-likeness (QED) is 0.0982. The van der Waals surface area contributed by atoms with Crippen LogP contribution in [0, 0.1) is 11.5 Å². The number of ether oxygens (including phenoxy) is 2. The normalized spacial score (nSPS) is 20.1. The SMILES string of the molecule is CC(C)(C)[Si](C)(C)OC[C@@H](C[C@@H](/C=C1\C[C@H](C[C@@H](C#C[Si](C)(C)C)O[Si](C)(C)C(C)(C)C)OC(=O)O1)O[Si](C)(C)C(C)(C)C)O[Si](C)(C)C(C)(C)C. The molecular weight excluding hydrogens is 733 g/mol. The second-order valence-electron chi connectivity index (χ2n) is 22.3. The van der Waals surface area contributed by atoms with Crippen molar-refractivity contribution in [2.75, 3.05) is 6.61 Å². The van der Waals surface area contributed by atoms with E-state index in [1.54, 1.807) is 0 Å². The van der Waals surface area contributed by atoms with Gasteiger partial charge in [-0.05, 0) is 78.6 Å². The molecule has 0 aliphatic carbocycles.